The van der Waals surface area contributed by atoms with Crippen molar-refractivity contribution in [2.24, 2.45) is 4.99 Å². The second kappa shape index (κ2) is 9.84. The third kappa shape index (κ3) is 5.24. The van der Waals surface area contributed by atoms with Crippen molar-refractivity contribution in [3.8, 4) is 0 Å². The molecule has 1 fully saturated rings. The number of nitrogens with one attached hydrogen (secondary N) is 2. The fourth-order valence-electron chi connectivity index (χ4n) is 3.42. The van der Waals surface area contributed by atoms with Gasteiger partial charge in [0.05, 0.1) is 30.8 Å². The number of methoxy groups -OCH3 is 1. The molecule has 0 unspecified atom stereocenters. The number of ether oxygens (including phenoxy) is 1. The van der Waals surface area contributed by atoms with Gasteiger partial charge in [0.2, 0.25) is 0 Å². The minimum Gasteiger partial charge on any atom is -0.383 e. The Labute approximate surface area is 177 Å². The van der Waals surface area contributed by atoms with Crippen molar-refractivity contribution >= 4 is 11.4 Å². The Morgan fingerprint density at radius 1 is 1.43 bits per heavy atom. The van der Waals surface area contributed by atoms with E-state index >= 15 is 0 Å². The molecule has 1 saturated heterocycles. The molecule has 9 heteroatoms. The van der Waals surface area contributed by atoms with Gasteiger partial charge in [0, 0.05) is 44.7 Å². The average molecular weight is 414 g/mol. The Morgan fingerprint density at radius 2 is 2.23 bits per heavy atom. The van der Waals surface area contributed by atoms with Crippen molar-refractivity contribution in [1.29, 1.82) is 0 Å². The largest absolute Gasteiger partial charge is 0.383 e. The van der Waals surface area contributed by atoms with Crippen molar-refractivity contribution < 1.29 is 9.57 Å². The third-order valence-electron chi connectivity index (χ3n) is 5.00. The van der Waals surface area contributed by atoms with Crippen LogP contribution in [0.2, 0.25) is 0 Å². The fourth-order valence-corrected chi connectivity index (χ4v) is 3.42. The van der Waals surface area contributed by atoms with Crippen LogP contribution in [0.25, 0.3) is 5.65 Å². The van der Waals surface area contributed by atoms with Gasteiger partial charge in [0.25, 0.3) is 0 Å². The second-order valence-corrected chi connectivity index (χ2v) is 7.32. The van der Waals surface area contributed by atoms with E-state index in [0.29, 0.717) is 13.2 Å². The van der Waals surface area contributed by atoms with E-state index in [2.05, 4.69) is 32.3 Å². The van der Waals surface area contributed by atoms with E-state index in [1.165, 1.54) is 0 Å². The Balaban J connectivity index is 1.64. The second-order valence-electron chi connectivity index (χ2n) is 7.32. The summed E-state index contributed by atoms with van der Waals surface area (Å²) >= 11 is 0. The van der Waals surface area contributed by atoms with Gasteiger partial charge in [-0.2, -0.15) is 10.2 Å². The summed E-state index contributed by atoms with van der Waals surface area (Å²) in [5.74, 6) is 1.47. The number of fused-ring (bicyclic) bond motifs is 1. The number of pyridine rings is 1. The van der Waals surface area contributed by atoms with Gasteiger partial charge in [0.15, 0.2) is 5.65 Å². The number of hydrogen-bond donors (Lipinski definition) is 2. The molecule has 1 aliphatic heterocycles. The normalized spacial score (nSPS) is 18.6. The van der Waals surface area contributed by atoms with Crippen LogP contribution in [0, 0.1) is 6.92 Å². The van der Waals surface area contributed by atoms with Gasteiger partial charge in [-0.15, -0.1) is 0 Å². The molecule has 0 radical (unpaired) electrons. The molecule has 2 aromatic heterocycles. The Hall–Kier alpha value is -2.75. The van der Waals surface area contributed by atoms with Gasteiger partial charge in [0.1, 0.15) is 5.82 Å². The fraction of sp³-hybridized carbons (Fsp3) is 0.476. The molecule has 3 rings (SSSR count). The Morgan fingerprint density at radius 3 is 2.97 bits per heavy atom. The van der Waals surface area contributed by atoms with Crippen LogP contribution in [0.3, 0.4) is 0 Å². The molecule has 0 amide bonds. The lowest BCUT2D eigenvalue weighted by Crippen LogP contribution is -2.38. The van der Waals surface area contributed by atoms with E-state index in [1.54, 1.807) is 18.7 Å². The topological polar surface area (TPSA) is 88.3 Å². The number of allylic oxidation sites excluding steroid dienone is 2. The van der Waals surface area contributed by atoms with Crippen molar-refractivity contribution in [2.75, 3.05) is 40.5 Å². The van der Waals surface area contributed by atoms with Gasteiger partial charge in [-0.25, -0.2) is 9.50 Å². The molecule has 2 aromatic rings. The van der Waals surface area contributed by atoms with Crippen LogP contribution in [0.4, 0.5) is 0 Å². The van der Waals surface area contributed by atoms with Crippen molar-refractivity contribution in [2.45, 2.75) is 26.8 Å². The van der Waals surface area contributed by atoms with Crippen LogP contribution < -0.4 is 10.6 Å². The minimum absolute atomic E-state index is 0.174. The predicted molar refractivity (Wildman–Crippen MR) is 117 cm³/mol. The minimum atomic E-state index is 0.174. The molecule has 1 aliphatic rings. The number of nitrogens with zero attached hydrogens (tertiary/aromatic N) is 5. The van der Waals surface area contributed by atoms with Crippen LogP contribution >= 0.6 is 0 Å². The zero-order chi connectivity index (χ0) is 21.7. The van der Waals surface area contributed by atoms with E-state index in [1.807, 2.05) is 44.2 Å². The van der Waals surface area contributed by atoms with Gasteiger partial charge in [-0.1, -0.05) is 6.58 Å². The highest BCUT2D eigenvalue weighted by atomic mass is 16.7. The molecule has 30 heavy (non-hydrogen) atoms. The van der Waals surface area contributed by atoms with E-state index in [0.717, 1.165) is 52.9 Å². The standard InChI is InChI=1S/C21H31N7O2/c1-14(21(22-5)18-7-8-28-20(11-18)25-17(4)26-28)15(2)23-16(3)24-19-12-27(30-13-19)9-10-29-6/h7-8,11,19,23-24H,3,9-10,12-13H2,1-2,4-6H3/b15-14+,22-21?/t19-/m1/s1. The molecule has 1 atom stereocenters. The average Bonchev–Trinajstić information content (AvgIpc) is 3.31. The summed E-state index contributed by atoms with van der Waals surface area (Å²) in [5, 5.41) is 13.0. The zero-order valence-corrected chi connectivity index (χ0v) is 18.4. The zero-order valence-electron chi connectivity index (χ0n) is 18.4. The smallest absolute Gasteiger partial charge is 0.156 e. The van der Waals surface area contributed by atoms with Gasteiger partial charge < -0.3 is 15.4 Å². The van der Waals surface area contributed by atoms with Crippen molar-refractivity contribution in [1.82, 2.24) is 30.3 Å². The predicted octanol–water partition coefficient (Wildman–Crippen LogP) is 1.66. The lowest BCUT2D eigenvalue weighted by atomic mass is 10.0. The highest BCUT2D eigenvalue weighted by Crippen LogP contribution is 2.15. The summed E-state index contributed by atoms with van der Waals surface area (Å²) in [7, 11) is 3.48. The van der Waals surface area contributed by atoms with Crippen LogP contribution in [0.1, 0.15) is 25.2 Å². The number of aliphatic imine (C=N–C) groups is 1. The van der Waals surface area contributed by atoms with Crippen molar-refractivity contribution in [3.05, 3.63) is 53.4 Å². The maximum atomic E-state index is 5.65. The van der Waals surface area contributed by atoms with E-state index < -0.39 is 0 Å². The molecule has 0 aromatic carbocycles. The van der Waals surface area contributed by atoms with Gasteiger partial charge >= 0.3 is 0 Å². The first-order chi connectivity index (χ1) is 14.4. The number of hydrogen-bond acceptors (Lipinski definition) is 8. The van der Waals surface area contributed by atoms with E-state index in [4.69, 9.17) is 9.57 Å². The molecule has 162 valence electrons. The van der Waals surface area contributed by atoms with Crippen LogP contribution in [-0.2, 0) is 9.57 Å². The maximum absolute atomic E-state index is 5.65. The molecule has 2 N–H and O–H groups in total. The molecule has 0 spiro atoms. The number of hydroxylamine groups is 2. The highest BCUT2D eigenvalue weighted by Gasteiger charge is 2.23. The summed E-state index contributed by atoms with van der Waals surface area (Å²) in [4.78, 5) is 14.6. The van der Waals surface area contributed by atoms with Crippen LogP contribution in [-0.4, -0.2) is 71.9 Å². The molecule has 3 heterocycles. The molecule has 0 aliphatic carbocycles. The number of rotatable bonds is 9. The third-order valence-corrected chi connectivity index (χ3v) is 5.00. The van der Waals surface area contributed by atoms with Gasteiger partial charge in [-0.05, 0) is 38.5 Å². The first kappa shape index (κ1) is 21.9. The first-order valence-corrected chi connectivity index (χ1v) is 9.98. The SMILES string of the molecule is C=C(N/C(C)=C(\C)C(=NC)c1ccn2nc(C)nc2c1)N[C@H]1CON(CCOC)C1. The van der Waals surface area contributed by atoms with E-state index in [9.17, 15) is 0 Å². The Bertz CT molecular complexity index is 963. The van der Waals surface area contributed by atoms with Crippen molar-refractivity contribution in [3.63, 3.8) is 0 Å². The Kier molecular flexibility index (Phi) is 7.20. The molecular formula is C21H31N7O2. The quantitative estimate of drug-likeness (QED) is 0.605. The van der Waals surface area contributed by atoms with E-state index in [-0.39, 0.29) is 6.04 Å². The summed E-state index contributed by atoms with van der Waals surface area (Å²) in [6.07, 6.45) is 1.90. The number of aromatic nitrogens is 3. The summed E-state index contributed by atoms with van der Waals surface area (Å²) in [5.41, 5.74) is 4.69. The maximum Gasteiger partial charge on any atom is 0.156 e. The molecular weight excluding hydrogens is 382 g/mol. The number of aryl methyl sites for hydroxylation is 1. The first-order valence-electron chi connectivity index (χ1n) is 9.98. The van der Waals surface area contributed by atoms with Crippen LogP contribution in [0.15, 0.2) is 47.0 Å². The lowest BCUT2D eigenvalue weighted by molar-refractivity contribution is -0.118. The highest BCUT2D eigenvalue weighted by molar-refractivity contribution is 6.13. The molecule has 0 saturated carbocycles. The monoisotopic (exact) mass is 413 g/mol. The summed E-state index contributed by atoms with van der Waals surface area (Å²) < 4.78 is 6.86. The molecule has 0 bridgehead atoms. The summed E-state index contributed by atoms with van der Waals surface area (Å²) in [6, 6.07) is 4.17. The summed E-state index contributed by atoms with van der Waals surface area (Å²) in [6.45, 7) is 12.8. The molecule has 9 nitrogen and oxygen atoms in total. The van der Waals surface area contributed by atoms with Crippen LogP contribution in [0.5, 0.6) is 0 Å². The van der Waals surface area contributed by atoms with Gasteiger partial charge in [-0.3, -0.25) is 9.83 Å². The lowest BCUT2D eigenvalue weighted by Gasteiger charge is -2.19.